The zero-order chi connectivity index (χ0) is 29.3. The molecule has 5 atom stereocenters. The first-order chi connectivity index (χ1) is 19.7. The lowest BCUT2D eigenvalue weighted by Crippen LogP contribution is -2.50. The Labute approximate surface area is 257 Å². The third-order valence-electron chi connectivity index (χ3n) is 7.87. The summed E-state index contributed by atoms with van der Waals surface area (Å²) in [7, 11) is -4.09. The fourth-order valence-electron chi connectivity index (χ4n) is 5.81. The van der Waals surface area contributed by atoms with Crippen LogP contribution in [0.1, 0.15) is 85.0 Å². The van der Waals surface area contributed by atoms with Crippen LogP contribution in [0.2, 0.25) is 0 Å². The Balaban J connectivity index is 0.00000484. The summed E-state index contributed by atoms with van der Waals surface area (Å²) in [4.78, 5) is 15.1. The van der Waals surface area contributed by atoms with Crippen LogP contribution in [0, 0.1) is 0 Å². The predicted molar refractivity (Wildman–Crippen MR) is 161 cm³/mol. The van der Waals surface area contributed by atoms with Crippen molar-refractivity contribution in [2.75, 3.05) is 26.2 Å². The molecule has 12 heteroatoms. The highest BCUT2D eigenvalue weighted by atomic mass is 35.5. The molecule has 1 unspecified atom stereocenters. The van der Waals surface area contributed by atoms with E-state index in [-0.39, 0.29) is 17.3 Å². The second-order valence-corrected chi connectivity index (χ2v) is 13.4. The third kappa shape index (κ3) is 10.0. The minimum absolute atomic E-state index is 0. The molecule has 0 aliphatic carbocycles. The quantitative estimate of drug-likeness (QED) is 0.240. The minimum Gasteiger partial charge on any atom is -0.441 e. The number of rotatable bonds is 16. The van der Waals surface area contributed by atoms with Gasteiger partial charge in [-0.05, 0) is 58.3 Å². The van der Waals surface area contributed by atoms with Crippen molar-refractivity contribution in [3.63, 3.8) is 0 Å². The molecule has 3 aliphatic heterocycles. The topological polar surface area (TPSA) is 113 Å². The fraction of sp³-hybridized carbons (Fsp3) is 0.767. The molecule has 1 N–H and O–H groups in total. The van der Waals surface area contributed by atoms with Gasteiger partial charge in [-0.1, -0.05) is 70.1 Å². The van der Waals surface area contributed by atoms with Crippen molar-refractivity contribution in [1.29, 1.82) is 0 Å². The van der Waals surface area contributed by atoms with Gasteiger partial charge in [0.05, 0.1) is 4.90 Å². The van der Waals surface area contributed by atoms with Gasteiger partial charge in [0, 0.05) is 13.2 Å². The smallest absolute Gasteiger partial charge is 0.421 e. The van der Waals surface area contributed by atoms with E-state index in [1.54, 1.807) is 18.2 Å². The molecule has 4 rings (SSSR count). The van der Waals surface area contributed by atoms with Crippen LogP contribution < -0.4 is 4.72 Å². The van der Waals surface area contributed by atoms with Crippen molar-refractivity contribution in [3.8, 4) is 0 Å². The maximum atomic E-state index is 13.0. The summed E-state index contributed by atoms with van der Waals surface area (Å²) in [5.41, 5.74) is 0. The molecular weight excluding hydrogens is 584 g/mol. The predicted octanol–water partition coefficient (Wildman–Crippen LogP) is 5.39. The van der Waals surface area contributed by atoms with E-state index >= 15 is 0 Å². The number of fused-ring (bicyclic) bond motifs is 1. The number of likely N-dealkylation sites (tertiary alicyclic amines) is 1. The molecule has 0 radical (unpaired) electrons. The van der Waals surface area contributed by atoms with Gasteiger partial charge >= 0.3 is 6.09 Å². The first-order valence-electron chi connectivity index (χ1n) is 15.3. The lowest BCUT2D eigenvalue weighted by Gasteiger charge is -2.32. The van der Waals surface area contributed by atoms with E-state index in [1.807, 2.05) is 18.6 Å². The van der Waals surface area contributed by atoms with Crippen LogP contribution in [0.25, 0.3) is 0 Å². The number of nitrogens with one attached hydrogen (secondary N) is 1. The Hall–Kier alpha value is -1.47. The van der Waals surface area contributed by atoms with E-state index in [9.17, 15) is 13.2 Å². The minimum atomic E-state index is -4.09. The third-order valence-corrected chi connectivity index (χ3v) is 9.20. The van der Waals surface area contributed by atoms with Crippen molar-refractivity contribution in [1.82, 2.24) is 9.62 Å². The summed E-state index contributed by atoms with van der Waals surface area (Å²) in [6, 6.07) is 7.74. The second-order valence-electron chi connectivity index (χ2n) is 11.7. The standard InChI is InChI=1S/C30H48N2O8S.ClH/c1-4-5-6-7-8-9-10-16-21-36-26-25(38-28-27(26)39-30(2,3)40-28)24(22-32-19-14-15-20-32)37-29(33)31-41(34,35)23-17-12-11-13-18-23;/h11-13,17-18,24-28H,4-10,14-16,19-22H2,1-3H3,(H,31,33);1H/t24?,25-,26+,27-,28-;/m1./s1. The maximum Gasteiger partial charge on any atom is 0.421 e. The number of carbonyl (C=O) groups is 1. The number of sulfonamides is 1. The molecule has 240 valence electrons. The van der Waals surface area contributed by atoms with Crippen molar-refractivity contribution < 1.29 is 36.9 Å². The van der Waals surface area contributed by atoms with Crippen LogP contribution in [-0.2, 0) is 33.7 Å². The van der Waals surface area contributed by atoms with Gasteiger partial charge in [-0.15, -0.1) is 12.4 Å². The monoisotopic (exact) mass is 632 g/mol. The summed E-state index contributed by atoms with van der Waals surface area (Å²) in [5, 5.41) is 0. The number of amides is 1. The van der Waals surface area contributed by atoms with Gasteiger partial charge in [0.2, 0.25) is 0 Å². The Kier molecular flexibility index (Phi) is 13.8. The van der Waals surface area contributed by atoms with Gasteiger partial charge in [-0.25, -0.2) is 17.9 Å². The van der Waals surface area contributed by atoms with E-state index in [0.717, 1.165) is 38.8 Å². The van der Waals surface area contributed by atoms with E-state index in [0.29, 0.717) is 13.2 Å². The lowest BCUT2D eigenvalue weighted by atomic mass is 10.0. The van der Waals surface area contributed by atoms with Crippen LogP contribution in [0.15, 0.2) is 35.2 Å². The van der Waals surface area contributed by atoms with Crippen molar-refractivity contribution in [2.24, 2.45) is 0 Å². The van der Waals surface area contributed by atoms with Gasteiger partial charge in [0.25, 0.3) is 10.0 Å². The van der Waals surface area contributed by atoms with Crippen LogP contribution >= 0.6 is 12.4 Å². The van der Waals surface area contributed by atoms with Crippen LogP contribution in [0.4, 0.5) is 4.79 Å². The lowest BCUT2D eigenvalue weighted by molar-refractivity contribution is -0.230. The van der Waals surface area contributed by atoms with E-state index in [2.05, 4.69) is 11.8 Å². The average Bonchev–Trinajstić information content (AvgIpc) is 3.63. The Bertz CT molecular complexity index is 1050. The Morgan fingerprint density at radius 2 is 1.67 bits per heavy atom. The highest BCUT2D eigenvalue weighted by molar-refractivity contribution is 7.90. The summed E-state index contributed by atoms with van der Waals surface area (Å²) in [5.74, 6) is -0.827. The molecular formula is C30H49ClN2O8S. The van der Waals surface area contributed by atoms with Crippen LogP contribution in [0.5, 0.6) is 0 Å². The number of benzene rings is 1. The molecule has 3 saturated heterocycles. The number of unbranched alkanes of at least 4 members (excludes halogenated alkanes) is 7. The second kappa shape index (κ2) is 16.6. The van der Waals surface area contributed by atoms with Crippen LogP contribution in [-0.4, -0.2) is 82.1 Å². The van der Waals surface area contributed by atoms with Gasteiger partial charge < -0.3 is 23.7 Å². The fourth-order valence-corrected chi connectivity index (χ4v) is 6.71. The first-order valence-corrected chi connectivity index (χ1v) is 16.8. The molecule has 1 aromatic carbocycles. The molecule has 0 spiro atoms. The number of ether oxygens (including phenoxy) is 5. The number of halogens is 1. The molecule has 3 fully saturated rings. The summed E-state index contributed by atoms with van der Waals surface area (Å²) in [6.07, 6.45) is 7.41. The summed E-state index contributed by atoms with van der Waals surface area (Å²) >= 11 is 0. The van der Waals surface area contributed by atoms with Gasteiger partial charge in [0.15, 0.2) is 12.1 Å². The molecule has 3 aliphatic rings. The molecule has 42 heavy (non-hydrogen) atoms. The molecule has 10 nitrogen and oxygen atoms in total. The number of hydrogen-bond donors (Lipinski definition) is 1. The van der Waals surface area contributed by atoms with Crippen molar-refractivity contribution >= 4 is 28.5 Å². The molecule has 1 amide bonds. The van der Waals surface area contributed by atoms with E-state index < -0.39 is 52.6 Å². The Morgan fingerprint density at radius 3 is 2.33 bits per heavy atom. The van der Waals surface area contributed by atoms with Gasteiger partial charge in [0.1, 0.15) is 24.4 Å². The zero-order valence-electron chi connectivity index (χ0n) is 25.2. The summed E-state index contributed by atoms with van der Waals surface area (Å²) < 4.78 is 58.3. The van der Waals surface area contributed by atoms with Gasteiger partial charge in [-0.3, -0.25) is 4.90 Å². The highest BCUT2D eigenvalue weighted by Gasteiger charge is 2.58. The molecule has 0 saturated carbocycles. The molecule has 0 bridgehead atoms. The Morgan fingerprint density at radius 1 is 1.02 bits per heavy atom. The van der Waals surface area contributed by atoms with Crippen molar-refractivity contribution in [2.45, 2.75) is 126 Å². The molecule has 1 aromatic rings. The SMILES string of the molecule is CCCCCCCCCCO[C@@H]1[C@H]2OC(C)(C)O[C@H]2O[C@@H]1C(CN1CCCC1)OC(=O)NS(=O)(=O)c1ccccc1.Cl. The normalized spacial score (nSPS) is 26.0. The zero-order valence-corrected chi connectivity index (χ0v) is 26.8. The largest absolute Gasteiger partial charge is 0.441 e. The maximum absolute atomic E-state index is 13.0. The van der Waals surface area contributed by atoms with E-state index in [4.69, 9.17) is 23.7 Å². The number of carbonyl (C=O) groups excluding carboxylic acids is 1. The average molecular weight is 633 g/mol. The van der Waals surface area contributed by atoms with Gasteiger partial charge in [-0.2, -0.15) is 0 Å². The van der Waals surface area contributed by atoms with E-state index in [1.165, 1.54) is 50.7 Å². The number of nitrogens with zero attached hydrogens (tertiary/aromatic N) is 1. The number of hydrogen-bond acceptors (Lipinski definition) is 9. The summed E-state index contributed by atoms with van der Waals surface area (Å²) in [6.45, 7) is 8.54. The van der Waals surface area contributed by atoms with Crippen molar-refractivity contribution in [3.05, 3.63) is 30.3 Å². The van der Waals surface area contributed by atoms with Crippen LogP contribution in [0.3, 0.4) is 0 Å². The first kappa shape index (κ1) is 35.0. The highest BCUT2D eigenvalue weighted by Crippen LogP contribution is 2.40. The molecule has 0 aromatic heterocycles. The molecule has 3 heterocycles.